The van der Waals surface area contributed by atoms with E-state index in [4.69, 9.17) is 47.5 Å². The molecule has 15 heterocycles. The van der Waals surface area contributed by atoms with E-state index in [1.165, 1.54) is 135 Å². The number of nitrogens with one attached hydrogen (secondary N) is 5. The van der Waals surface area contributed by atoms with Gasteiger partial charge in [-0.15, -0.1) is 0 Å². The van der Waals surface area contributed by atoms with Gasteiger partial charge in [0.25, 0.3) is 29.5 Å². The Morgan fingerprint density at radius 2 is 0.603 bits per heavy atom. The van der Waals surface area contributed by atoms with E-state index in [-0.39, 0.29) is 56.1 Å². The smallest absolute Gasteiger partial charge is 0.280 e. The van der Waals surface area contributed by atoms with Gasteiger partial charge in [-0.05, 0) is 210 Å². The molecule has 5 saturated heterocycles. The van der Waals surface area contributed by atoms with Crippen LogP contribution in [0.1, 0.15) is 214 Å². The molecular weight excluding hydrogens is 1850 g/mol. The molecule has 0 bridgehead atoms. The van der Waals surface area contributed by atoms with Gasteiger partial charge in [-0.2, -0.15) is 24.9 Å². The summed E-state index contributed by atoms with van der Waals surface area (Å²) in [5.74, 6) is 10.7. The zero-order valence-electron chi connectivity index (χ0n) is 86.0. The summed E-state index contributed by atoms with van der Waals surface area (Å²) in [5, 5.41) is 81.1. The number of aryl methyl sites for hydroxylation is 7. The number of benzene rings is 3. The number of fused-ring (bicyclic) bond motifs is 3. The molecule has 13 aromatic rings. The fraction of sp³-hybridized carbons (Fsp3) is 0.582. The van der Waals surface area contributed by atoms with Crippen LogP contribution in [0.25, 0.3) is 90.2 Å². The molecule has 23 rings (SSSR count). The second-order valence-electron chi connectivity index (χ2n) is 42.5. The van der Waals surface area contributed by atoms with Crippen LogP contribution in [-0.4, -0.2) is 259 Å². The maximum absolute atomic E-state index is 15.2. The number of para-hydroxylation sites is 4. The number of pyridine rings is 4. The number of aliphatic hydroxyl groups excluding tert-OH is 4. The monoisotopic (exact) mass is 2000 g/mol. The standard InChI is InChI=1S/C23H28FN5O.C23H29N5O2.C22H28N6O2.C22H33N5O2.C20H29N5O2/c1-15-25-23(30-28-15)18-13-16-7-5-6-10-20(16)27-22(18)29-12-11-21(19(24)14-29)26-17-8-3-2-4-9-17;1-15-24-23(30-27-15)19-12-16-6-2-5-9-20(16)26-22(19)28-11-10-21(17(13-28)14-29)25-18-7-3-4-8-18;1-14-23-22(30-27-14)20-21(26-19-9-5-4-8-18(19)25-20)28-11-10-17(15(12-28)13-29)24-16-6-2-3-7-16;1-14-10-18(22-24-16(3)26-29-22)21(23-11-14)27-9-8-20(17(12-27)13-28)25-19-7-5-4-6-15(19)2;1-13-9-17(20-22-14(2)24-27-20)19(21-10-13)25-8-7-18(15(11-25)12-26)23-16-5-3-4-6-16/h5-7,10,13,17,19,21,26H,2-4,8-9,11-12,14H2,1H3;2,5-6,9,12,17-18,21,25,29H,3-4,7-8,10-11,13-14H2,1H3;4-5,8-9,15-17,24,29H,2-3,6-7,10-13H2,1H3;10-11,15,17,19-20,25,28H,4-9,12-13H2,1-3H3;9-10,15-16,18,23,26H,3-8,11-12H2,1-2H3. The summed E-state index contributed by atoms with van der Waals surface area (Å²) in [4.78, 5) is 62.1. The normalized spacial score (nSPS) is 24.1. The van der Waals surface area contributed by atoms with Crippen molar-refractivity contribution in [2.75, 3.05) is 116 Å². The molecule has 5 aliphatic heterocycles. The molecule has 12 unspecified atom stereocenters. The lowest BCUT2D eigenvalue weighted by Gasteiger charge is -2.42. The molecular formula is C110H147FN26O9. The van der Waals surface area contributed by atoms with Crippen LogP contribution in [0.4, 0.5) is 33.5 Å². The fourth-order valence-electron chi connectivity index (χ4n) is 23.7. The average molecular weight is 2000 g/mol. The third-order valence-electron chi connectivity index (χ3n) is 31.7. The van der Waals surface area contributed by atoms with Crippen LogP contribution in [0.5, 0.6) is 0 Å². The van der Waals surface area contributed by atoms with Crippen LogP contribution in [-0.2, 0) is 0 Å². The maximum Gasteiger partial charge on any atom is 0.280 e. The van der Waals surface area contributed by atoms with Crippen molar-refractivity contribution in [3.05, 3.63) is 150 Å². The predicted molar refractivity (Wildman–Crippen MR) is 562 cm³/mol. The van der Waals surface area contributed by atoms with Crippen molar-refractivity contribution >= 4 is 61.9 Å². The molecule has 5 aliphatic carbocycles. The zero-order chi connectivity index (χ0) is 101. The molecule has 35 nitrogen and oxygen atoms in total. The first kappa shape index (κ1) is 103. The van der Waals surface area contributed by atoms with Gasteiger partial charge in [0.05, 0.1) is 50.9 Å². The van der Waals surface area contributed by atoms with Gasteiger partial charge in [-0.3, -0.25) is 0 Å². The highest BCUT2D eigenvalue weighted by Crippen LogP contribution is 2.42. The molecule has 10 aromatic heterocycles. The highest BCUT2D eigenvalue weighted by atomic mass is 19.1. The number of piperidine rings is 5. The number of hydrogen-bond acceptors (Lipinski definition) is 35. The fourth-order valence-corrected chi connectivity index (χ4v) is 23.7. The molecule has 0 radical (unpaired) electrons. The van der Waals surface area contributed by atoms with Gasteiger partial charge in [0, 0.05) is 193 Å². The van der Waals surface area contributed by atoms with Crippen molar-refractivity contribution < 1.29 is 47.4 Å². The van der Waals surface area contributed by atoms with Crippen LogP contribution in [0, 0.1) is 78.1 Å². The van der Waals surface area contributed by atoms with Crippen molar-refractivity contribution in [2.45, 2.75) is 289 Å². The Balaban J connectivity index is 0.000000115. The number of aliphatic hydroxyl groups is 4. The third-order valence-corrected chi connectivity index (χ3v) is 31.7. The topological polar surface area (TPSA) is 429 Å². The van der Waals surface area contributed by atoms with E-state index in [1.807, 2.05) is 137 Å². The lowest BCUT2D eigenvalue weighted by molar-refractivity contribution is 0.148. The highest BCUT2D eigenvalue weighted by Gasteiger charge is 2.41. The maximum atomic E-state index is 15.2. The number of hydrogen-bond donors (Lipinski definition) is 9. The van der Waals surface area contributed by atoms with Crippen LogP contribution < -0.4 is 51.1 Å². The minimum absolute atomic E-state index is 0.0843. The molecule has 10 fully saturated rings. The number of nitrogens with zero attached hydrogens (tertiary/aromatic N) is 21. The van der Waals surface area contributed by atoms with Crippen molar-refractivity contribution in [3.63, 3.8) is 0 Å². The van der Waals surface area contributed by atoms with Gasteiger partial charge < -0.3 is 94.1 Å². The van der Waals surface area contributed by atoms with E-state index in [2.05, 4.69) is 121 Å². The molecule has 0 spiro atoms. The Bertz CT molecular complexity index is 6230. The summed E-state index contributed by atoms with van der Waals surface area (Å²) in [6.45, 7) is 23.7. The molecule has 10 aliphatic rings. The van der Waals surface area contributed by atoms with Crippen molar-refractivity contribution in [2.24, 2.45) is 29.6 Å². The molecule has 36 heteroatoms. The van der Waals surface area contributed by atoms with E-state index in [1.54, 1.807) is 13.8 Å². The quantitative estimate of drug-likeness (QED) is 0.0271. The Labute approximate surface area is 853 Å². The van der Waals surface area contributed by atoms with E-state index < -0.39 is 6.17 Å². The van der Waals surface area contributed by atoms with Gasteiger partial charge in [0.1, 0.15) is 29.4 Å². The number of anilines is 5. The summed E-state index contributed by atoms with van der Waals surface area (Å²) in [6, 6.07) is 36.2. The summed E-state index contributed by atoms with van der Waals surface area (Å²) in [5.41, 5.74) is 9.53. The van der Waals surface area contributed by atoms with Crippen LogP contribution >= 0.6 is 0 Å². The van der Waals surface area contributed by atoms with E-state index in [0.717, 1.165) is 180 Å². The predicted octanol–water partition coefficient (Wildman–Crippen LogP) is 16.0. The van der Waals surface area contributed by atoms with Crippen molar-refractivity contribution in [3.8, 4) is 57.4 Å². The first-order chi connectivity index (χ1) is 71.3. The Kier molecular flexibility index (Phi) is 34.3. The van der Waals surface area contributed by atoms with Crippen LogP contribution in [0.3, 0.4) is 0 Å². The lowest BCUT2D eigenvalue weighted by Crippen LogP contribution is -2.55. The number of halogens is 1. The Morgan fingerprint density at radius 1 is 0.301 bits per heavy atom. The lowest BCUT2D eigenvalue weighted by atomic mass is 9.83. The largest absolute Gasteiger partial charge is 0.396 e. The second kappa shape index (κ2) is 48.6. The summed E-state index contributed by atoms with van der Waals surface area (Å²) in [6.07, 6.45) is 34.3. The Hall–Kier alpha value is -11.6. The SMILES string of the molecule is Cc1cnc(N2CCC(NC3CCCC3)C(CO)C2)c(-c2nc(C)no2)c1.Cc1cnc(N2CCC(NC3CCCCC3C)C(CO)C2)c(-c2nc(C)no2)c1.Cc1noc(-c2cc3ccccc3nc2N2CCC(NC3CCCC3)C(CO)C2)n1.Cc1noc(-c2cc3ccccc3nc2N2CCC(NC3CCCCC3)C(F)C2)n1.Cc1noc(-c2nc3ccccc3nc2N2CCC(NC3CCCC3)C(CO)C2)n1. The van der Waals surface area contributed by atoms with Crippen LogP contribution in [0.15, 0.2) is 132 Å². The zero-order valence-corrected chi connectivity index (χ0v) is 86.0. The molecule has 778 valence electrons. The third kappa shape index (κ3) is 25.2. The minimum atomic E-state index is -0.939. The number of rotatable bonds is 24. The van der Waals surface area contributed by atoms with E-state index >= 15 is 4.39 Å². The summed E-state index contributed by atoms with van der Waals surface area (Å²) >= 11 is 0. The van der Waals surface area contributed by atoms with Crippen molar-refractivity contribution in [1.82, 2.24) is 107 Å². The first-order valence-corrected chi connectivity index (χ1v) is 53.9. The average Bonchev–Trinajstić information content (AvgIpc) is 1.33. The molecule has 12 atom stereocenters. The van der Waals surface area contributed by atoms with Gasteiger partial charge >= 0.3 is 0 Å². The molecule has 146 heavy (non-hydrogen) atoms. The van der Waals surface area contributed by atoms with Crippen LogP contribution in [0.2, 0.25) is 0 Å². The molecule has 3 aromatic carbocycles. The highest BCUT2D eigenvalue weighted by molar-refractivity contribution is 5.90. The van der Waals surface area contributed by atoms with E-state index in [9.17, 15) is 20.4 Å². The number of alkyl halides is 1. The summed E-state index contributed by atoms with van der Waals surface area (Å²) in [7, 11) is 0. The van der Waals surface area contributed by atoms with Crippen molar-refractivity contribution in [1.29, 1.82) is 0 Å². The van der Waals surface area contributed by atoms with Gasteiger partial charge in [-0.1, -0.05) is 152 Å². The summed E-state index contributed by atoms with van der Waals surface area (Å²) < 4.78 is 42.4. The first-order valence-electron chi connectivity index (χ1n) is 53.9. The van der Waals surface area contributed by atoms with E-state index in [0.29, 0.717) is 138 Å². The van der Waals surface area contributed by atoms with Gasteiger partial charge in [0.2, 0.25) is 0 Å². The minimum Gasteiger partial charge on any atom is -0.396 e. The Morgan fingerprint density at radius 3 is 0.973 bits per heavy atom. The van der Waals surface area contributed by atoms with Gasteiger partial charge in [-0.25, -0.2) is 34.3 Å². The molecule has 0 amide bonds. The molecule has 5 saturated carbocycles. The number of aromatic nitrogens is 16. The van der Waals surface area contributed by atoms with Gasteiger partial charge in [0.15, 0.2) is 40.6 Å². The second-order valence-corrected chi connectivity index (χ2v) is 42.5. The molecule has 9 N–H and O–H groups in total.